The van der Waals surface area contributed by atoms with E-state index >= 15 is 0 Å². The van der Waals surface area contributed by atoms with Gasteiger partial charge in [-0.15, -0.1) is 0 Å². The van der Waals surface area contributed by atoms with Gasteiger partial charge in [0.2, 0.25) is 0 Å². The molecule has 4 heterocycles. The van der Waals surface area contributed by atoms with Crippen LogP contribution in [0.1, 0.15) is 6.42 Å². The zero-order valence-electron chi connectivity index (χ0n) is 19.7. The van der Waals surface area contributed by atoms with Gasteiger partial charge >= 0.3 is 0 Å². The van der Waals surface area contributed by atoms with E-state index < -0.39 is 112 Å². The number of aliphatic hydroxyl groups excluding tert-OH is 10. The summed E-state index contributed by atoms with van der Waals surface area (Å²) in [5.74, 6) is 0. The van der Waals surface area contributed by atoms with Gasteiger partial charge in [0.1, 0.15) is 73.2 Å². The Balaban J connectivity index is 1.42. The third-order valence-corrected chi connectivity index (χ3v) is 7.11. The highest BCUT2D eigenvalue weighted by Crippen LogP contribution is 2.33. The number of epoxide rings is 1. The van der Waals surface area contributed by atoms with E-state index in [-0.39, 0.29) is 12.5 Å². The minimum Gasteiger partial charge on any atom is -0.394 e. The molecular formula is C21H36O16. The van der Waals surface area contributed by atoms with Gasteiger partial charge in [0.25, 0.3) is 0 Å². The SMILES string of the molecule is OC[C@H]1O[C@@H](O[C@H]2[C@H](O)[C@@H](O)[C@H](O[C@H]3[C@H](O)[C@@H](O)[C@H](CC4CO4)O[C@@H]3CO)O[C@@H]2CO)[C@H](O)[C@@H](O)[C@H]1O. The largest absolute Gasteiger partial charge is 0.394 e. The van der Waals surface area contributed by atoms with Crippen LogP contribution in [0.3, 0.4) is 0 Å². The van der Waals surface area contributed by atoms with Gasteiger partial charge in [0.05, 0.1) is 38.6 Å². The highest BCUT2D eigenvalue weighted by Gasteiger charge is 2.53. The minimum atomic E-state index is -1.86. The molecule has 4 fully saturated rings. The van der Waals surface area contributed by atoms with E-state index in [1.165, 1.54) is 0 Å². The maximum Gasteiger partial charge on any atom is 0.187 e. The first-order valence-corrected chi connectivity index (χ1v) is 12.1. The van der Waals surface area contributed by atoms with E-state index in [0.29, 0.717) is 6.61 Å². The highest BCUT2D eigenvalue weighted by molar-refractivity contribution is 4.98. The summed E-state index contributed by atoms with van der Waals surface area (Å²) in [5, 5.41) is 102. The molecule has 16 atom stereocenters. The fourth-order valence-corrected chi connectivity index (χ4v) is 4.81. The van der Waals surface area contributed by atoms with Crippen molar-refractivity contribution in [1.82, 2.24) is 0 Å². The van der Waals surface area contributed by atoms with Crippen LogP contribution in [0, 0.1) is 0 Å². The van der Waals surface area contributed by atoms with E-state index in [2.05, 4.69) is 0 Å². The van der Waals surface area contributed by atoms with Crippen LogP contribution in [0.25, 0.3) is 0 Å². The highest BCUT2D eigenvalue weighted by atomic mass is 16.7. The summed E-state index contributed by atoms with van der Waals surface area (Å²) in [6.07, 6.45) is -22.8. The second-order valence-corrected chi connectivity index (χ2v) is 9.67. The van der Waals surface area contributed by atoms with Gasteiger partial charge in [0.15, 0.2) is 12.6 Å². The van der Waals surface area contributed by atoms with Gasteiger partial charge in [-0.2, -0.15) is 0 Å². The van der Waals surface area contributed by atoms with Gasteiger partial charge in [-0.25, -0.2) is 0 Å². The Morgan fingerprint density at radius 3 is 1.46 bits per heavy atom. The van der Waals surface area contributed by atoms with E-state index in [9.17, 15) is 51.1 Å². The second kappa shape index (κ2) is 12.3. The average Bonchev–Trinajstić information content (AvgIpc) is 3.71. The maximum atomic E-state index is 10.7. The third kappa shape index (κ3) is 6.09. The van der Waals surface area contributed by atoms with Gasteiger partial charge in [-0.3, -0.25) is 0 Å². The molecule has 1 unspecified atom stereocenters. The fourth-order valence-electron chi connectivity index (χ4n) is 4.81. The molecule has 0 spiro atoms. The van der Waals surface area contributed by atoms with Crippen molar-refractivity contribution < 1.29 is 79.5 Å². The Morgan fingerprint density at radius 2 is 0.946 bits per heavy atom. The Labute approximate surface area is 211 Å². The molecule has 4 saturated heterocycles. The monoisotopic (exact) mass is 544 g/mol. The van der Waals surface area contributed by atoms with E-state index in [0.717, 1.165) is 0 Å². The Hall–Kier alpha value is -0.640. The Bertz CT molecular complexity index is 721. The van der Waals surface area contributed by atoms with Gasteiger partial charge in [-0.05, 0) is 0 Å². The van der Waals surface area contributed by atoms with Crippen LogP contribution in [0.4, 0.5) is 0 Å². The summed E-state index contributed by atoms with van der Waals surface area (Å²) < 4.78 is 32.7. The van der Waals surface area contributed by atoms with Crippen molar-refractivity contribution in [3.8, 4) is 0 Å². The summed E-state index contributed by atoms with van der Waals surface area (Å²) in [6.45, 7) is -1.64. The summed E-state index contributed by atoms with van der Waals surface area (Å²) in [4.78, 5) is 0. The van der Waals surface area contributed by atoms with Crippen LogP contribution in [0.5, 0.6) is 0 Å². The molecule has 0 saturated carbocycles. The van der Waals surface area contributed by atoms with Crippen LogP contribution in [-0.4, -0.2) is 176 Å². The molecule has 0 aromatic heterocycles. The third-order valence-electron chi connectivity index (χ3n) is 7.11. The summed E-state index contributed by atoms with van der Waals surface area (Å²) in [7, 11) is 0. The normalized spacial score (nSPS) is 52.7. The molecular weight excluding hydrogens is 508 g/mol. The number of hydrogen-bond acceptors (Lipinski definition) is 16. The van der Waals surface area contributed by atoms with Crippen LogP contribution in [0.15, 0.2) is 0 Å². The first kappa shape index (κ1) is 29.3. The van der Waals surface area contributed by atoms with Crippen LogP contribution in [-0.2, 0) is 28.4 Å². The first-order valence-electron chi connectivity index (χ1n) is 12.1. The molecule has 0 aromatic rings. The lowest BCUT2D eigenvalue weighted by Gasteiger charge is -2.48. The van der Waals surface area contributed by atoms with Crippen molar-refractivity contribution in [2.24, 2.45) is 0 Å². The molecule has 4 aliphatic heterocycles. The van der Waals surface area contributed by atoms with E-state index in [1.54, 1.807) is 0 Å². The van der Waals surface area contributed by atoms with Crippen molar-refractivity contribution in [3.05, 3.63) is 0 Å². The number of ether oxygens (including phenoxy) is 6. The topological polar surface area (TPSA) is 261 Å². The molecule has 0 radical (unpaired) electrons. The molecule has 0 aliphatic carbocycles. The Morgan fingerprint density at radius 1 is 0.514 bits per heavy atom. The van der Waals surface area contributed by atoms with E-state index in [4.69, 9.17) is 28.4 Å². The molecule has 0 amide bonds. The maximum absolute atomic E-state index is 10.7. The number of rotatable bonds is 9. The summed E-state index contributed by atoms with van der Waals surface area (Å²) >= 11 is 0. The molecule has 16 heteroatoms. The van der Waals surface area contributed by atoms with Gasteiger partial charge in [-0.1, -0.05) is 0 Å². The minimum absolute atomic E-state index is 0.131. The molecule has 4 rings (SSSR count). The molecule has 0 bridgehead atoms. The number of hydrogen-bond donors (Lipinski definition) is 10. The zero-order valence-corrected chi connectivity index (χ0v) is 19.7. The van der Waals surface area contributed by atoms with Gasteiger partial charge < -0.3 is 79.5 Å². The van der Waals surface area contributed by atoms with Crippen LogP contribution in [0.2, 0.25) is 0 Å². The smallest absolute Gasteiger partial charge is 0.187 e. The fraction of sp³-hybridized carbons (Fsp3) is 1.00. The lowest BCUT2D eigenvalue weighted by Crippen LogP contribution is -2.66. The van der Waals surface area contributed by atoms with E-state index in [1.807, 2.05) is 0 Å². The van der Waals surface area contributed by atoms with Crippen LogP contribution < -0.4 is 0 Å². The second-order valence-electron chi connectivity index (χ2n) is 9.67. The zero-order chi connectivity index (χ0) is 27.0. The molecule has 10 N–H and O–H groups in total. The van der Waals surface area contributed by atoms with Crippen LogP contribution >= 0.6 is 0 Å². The van der Waals surface area contributed by atoms with Crippen molar-refractivity contribution >= 4 is 0 Å². The molecule has 216 valence electrons. The lowest BCUT2D eigenvalue weighted by molar-refractivity contribution is -0.373. The van der Waals surface area contributed by atoms with Crippen molar-refractivity contribution in [1.29, 1.82) is 0 Å². The number of aliphatic hydroxyl groups is 10. The van der Waals surface area contributed by atoms with Crippen molar-refractivity contribution in [2.75, 3.05) is 26.4 Å². The average molecular weight is 545 g/mol. The van der Waals surface area contributed by atoms with Gasteiger partial charge in [0, 0.05) is 6.42 Å². The Kier molecular flexibility index (Phi) is 9.72. The first-order chi connectivity index (χ1) is 17.6. The summed E-state index contributed by atoms with van der Waals surface area (Å²) in [6, 6.07) is 0. The van der Waals surface area contributed by atoms with Crippen molar-refractivity contribution in [2.45, 2.75) is 104 Å². The standard InChI is InChI=1S/C21H36O16/c22-2-8-12(26)13(27)16(30)20(34-8)37-19-10(4-24)35-21(17(31)15(19)29)36-18-9(3-23)33-7(1-6-5-32-6)11(25)14(18)28/h6-31H,1-5H2/t6?,7-,8+,9+,10+,11-,12-,13-,14+,15+,16+,17+,18+,19+,20-,21-/m0/s1. The molecule has 37 heavy (non-hydrogen) atoms. The molecule has 16 nitrogen and oxygen atoms in total. The van der Waals surface area contributed by atoms with Crippen molar-refractivity contribution in [3.63, 3.8) is 0 Å². The predicted molar refractivity (Wildman–Crippen MR) is 113 cm³/mol. The quantitative estimate of drug-likeness (QED) is 0.121. The molecule has 0 aromatic carbocycles. The predicted octanol–water partition coefficient (Wildman–Crippen LogP) is -6.73. The lowest BCUT2D eigenvalue weighted by atomic mass is 9.92. The molecule has 4 aliphatic rings. The summed E-state index contributed by atoms with van der Waals surface area (Å²) in [5.41, 5.74) is 0.